The second-order valence-electron chi connectivity index (χ2n) is 18.3. The van der Waals surface area contributed by atoms with E-state index in [0.29, 0.717) is 41.3 Å². The fourth-order valence-corrected chi connectivity index (χ4v) is 12.4. The first-order valence-corrected chi connectivity index (χ1v) is 21.1. The quantitative estimate of drug-likeness (QED) is 0.139. The Labute approximate surface area is 315 Å². The highest BCUT2D eigenvalue weighted by atomic mass is 16.6. The smallest absolute Gasteiger partial charge is 0.310 e. The monoisotopic (exact) mass is 719 g/mol. The molecule has 52 heavy (non-hydrogen) atoms. The third-order valence-corrected chi connectivity index (χ3v) is 15.6. The van der Waals surface area contributed by atoms with E-state index >= 15 is 0 Å². The lowest BCUT2D eigenvalue weighted by Gasteiger charge is -2.32. The van der Waals surface area contributed by atoms with Crippen molar-refractivity contribution >= 4 is 23.5 Å². The van der Waals surface area contributed by atoms with Gasteiger partial charge in [0.25, 0.3) is 0 Å². The molecule has 16 atom stereocenters. The van der Waals surface area contributed by atoms with Gasteiger partial charge < -0.3 is 9.47 Å². The molecule has 0 bridgehead atoms. The minimum absolute atomic E-state index is 0.0576. The zero-order chi connectivity index (χ0) is 38.1. The number of ether oxygens (including phenoxy) is 2. The Morgan fingerprint density at radius 1 is 0.654 bits per heavy atom. The van der Waals surface area contributed by atoms with Crippen LogP contribution in [0.15, 0.2) is 37.5 Å². The van der Waals surface area contributed by atoms with Crippen LogP contribution in [0.5, 0.6) is 0 Å². The van der Waals surface area contributed by atoms with Crippen LogP contribution in [0.1, 0.15) is 132 Å². The number of carbonyl (C=O) groups is 4. The van der Waals surface area contributed by atoms with E-state index < -0.39 is 5.60 Å². The first kappa shape index (κ1) is 40.7. The van der Waals surface area contributed by atoms with Crippen LogP contribution in [0.3, 0.4) is 0 Å². The molecule has 6 rings (SSSR count). The lowest BCUT2D eigenvalue weighted by molar-refractivity contribution is -0.153. The third kappa shape index (κ3) is 7.70. The molecular weight excluding hydrogens is 649 g/mol. The van der Waals surface area contributed by atoms with Crippen molar-refractivity contribution in [1.29, 1.82) is 0 Å². The van der Waals surface area contributed by atoms with Crippen LogP contribution in [0, 0.1) is 82.9 Å². The van der Waals surface area contributed by atoms with Crippen molar-refractivity contribution in [1.82, 2.24) is 0 Å². The predicted octanol–water partition coefficient (Wildman–Crippen LogP) is 10.2. The number of esters is 2. The molecule has 0 radical (unpaired) electrons. The second kappa shape index (κ2) is 16.5. The molecule has 0 aromatic heterocycles. The molecule has 6 aliphatic rings. The van der Waals surface area contributed by atoms with Crippen molar-refractivity contribution in [3.05, 3.63) is 37.5 Å². The van der Waals surface area contributed by atoms with E-state index in [-0.39, 0.29) is 64.7 Å². The van der Waals surface area contributed by atoms with Crippen LogP contribution in [0.4, 0.5) is 0 Å². The van der Waals surface area contributed by atoms with Gasteiger partial charge in [-0.3, -0.25) is 19.2 Å². The summed E-state index contributed by atoms with van der Waals surface area (Å²) in [5.74, 6) is 5.20. The average Bonchev–Trinajstić information content (AvgIpc) is 3.96. The maximum absolute atomic E-state index is 12.6. The van der Waals surface area contributed by atoms with Gasteiger partial charge in [0.05, 0.1) is 11.8 Å². The van der Waals surface area contributed by atoms with Gasteiger partial charge in [-0.25, -0.2) is 0 Å². The SMILES string of the molecule is C=CC1CC(/C=C\C2CC(C=C)C3C(=O)OC(C)(CC)C23)C(C(C)=O)C1.CCC1CC(CCC2CC(CC)C3C(=O)OC(C)(CC)C23)C(C(C)=O)C1. The van der Waals surface area contributed by atoms with E-state index in [0.717, 1.165) is 63.7 Å². The molecule has 2 aliphatic heterocycles. The summed E-state index contributed by atoms with van der Waals surface area (Å²) in [5.41, 5.74) is -0.675. The highest BCUT2D eigenvalue weighted by Crippen LogP contribution is 2.58. The Morgan fingerprint density at radius 3 is 1.81 bits per heavy atom. The van der Waals surface area contributed by atoms with E-state index in [1.165, 1.54) is 19.3 Å². The molecule has 2 heterocycles. The van der Waals surface area contributed by atoms with Gasteiger partial charge in [-0.15, -0.1) is 13.2 Å². The molecule has 290 valence electrons. The lowest BCUT2D eigenvalue weighted by atomic mass is 9.74. The number of ketones is 2. The van der Waals surface area contributed by atoms with Crippen molar-refractivity contribution in [3.63, 3.8) is 0 Å². The van der Waals surface area contributed by atoms with Crippen LogP contribution in [-0.2, 0) is 28.7 Å². The van der Waals surface area contributed by atoms with Gasteiger partial charge in [-0.1, -0.05) is 64.8 Å². The molecule has 6 heteroatoms. The highest BCUT2D eigenvalue weighted by Gasteiger charge is 2.61. The standard InChI is InChI=1S/C23H38O3.C23H32O3/c2*1-6-15-11-17(19(12-15)14(4)24)9-10-18-13-16(7-2)20-21(18)23(5,8-3)26-22(20)25/h15-21H,6-13H2,1-5H3;6-7,9-10,15-21H,1-2,8,11-13H2,3-5H3/b;10-9-. The van der Waals surface area contributed by atoms with Gasteiger partial charge in [0.1, 0.15) is 22.8 Å². The third-order valence-electron chi connectivity index (χ3n) is 15.6. The molecule has 0 aromatic carbocycles. The Balaban J connectivity index is 0.000000201. The van der Waals surface area contributed by atoms with Crippen molar-refractivity contribution in [2.45, 2.75) is 144 Å². The average molecular weight is 719 g/mol. The molecule has 0 aromatic rings. The molecule has 0 amide bonds. The highest BCUT2D eigenvalue weighted by molar-refractivity contribution is 5.80. The van der Waals surface area contributed by atoms with Crippen molar-refractivity contribution in [2.24, 2.45) is 82.9 Å². The summed E-state index contributed by atoms with van der Waals surface area (Å²) in [4.78, 5) is 49.2. The molecule has 4 aliphatic carbocycles. The topological polar surface area (TPSA) is 86.7 Å². The fourth-order valence-electron chi connectivity index (χ4n) is 12.4. The largest absolute Gasteiger partial charge is 0.459 e. The Morgan fingerprint density at radius 2 is 1.25 bits per heavy atom. The Bertz CT molecular complexity index is 1380. The van der Waals surface area contributed by atoms with Gasteiger partial charge >= 0.3 is 11.9 Å². The maximum Gasteiger partial charge on any atom is 0.310 e. The van der Waals surface area contributed by atoms with Gasteiger partial charge in [-0.2, -0.15) is 0 Å². The molecule has 0 N–H and O–H groups in total. The lowest BCUT2D eigenvalue weighted by Crippen LogP contribution is -2.35. The van der Waals surface area contributed by atoms with Crippen molar-refractivity contribution in [2.75, 3.05) is 0 Å². The number of hydrogen-bond donors (Lipinski definition) is 0. The minimum Gasteiger partial charge on any atom is -0.459 e. The minimum atomic E-state index is -0.395. The number of hydrogen-bond acceptors (Lipinski definition) is 6. The van der Waals surface area contributed by atoms with Crippen LogP contribution >= 0.6 is 0 Å². The number of fused-ring (bicyclic) bond motifs is 2. The Hall–Kier alpha value is -2.50. The summed E-state index contributed by atoms with van der Waals surface area (Å²) in [6.45, 7) is 24.3. The van der Waals surface area contributed by atoms with Crippen LogP contribution in [-0.4, -0.2) is 34.7 Å². The molecule has 2 saturated heterocycles. The van der Waals surface area contributed by atoms with Gasteiger partial charge in [-0.05, 0) is 139 Å². The van der Waals surface area contributed by atoms with E-state index in [9.17, 15) is 19.2 Å². The summed E-state index contributed by atoms with van der Waals surface area (Å²) in [6.07, 6.45) is 21.1. The van der Waals surface area contributed by atoms with Crippen LogP contribution in [0.25, 0.3) is 0 Å². The Kier molecular flexibility index (Phi) is 12.9. The van der Waals surface area contributed by atoms with Gasteiger partial charge in [0.15, 0.2) is 0 Å². The number of cyclic esters (lactones) is 2. The predicted molar refractivity (Wildman–Crippen MR) is 207 cm³/mol. The first-order valence-electron chi connectivity index (χ1n) is 21.1. The zero-order valence-corrected chi connectivity index (χ0v) is 33.7. The van der Waals surface area contributed by atoms with Gasteiger partial charge in [0, 0.05) is 23.7 Å². The number of carbonyl (C=O) groups excluding carboxylic acids is 4. The summed E-state index contributed by atoms with van der Waals surface area (Å²) >= 11 is 0. The maximum atomic E-state index is 12.6. The van der Waals surface area contributed by atoms with Crippen LogP contribution < -0.4 is 0 Å². The fraction of sp³-hybridized carbons (Fsp3) is 0.783. The number of allylic oxidation sites excluding steroid dienone is 4. The summed E-state index contributed by atoms with van der Waals surface area (Å²) in [5, 5.41) is 0. The summed E-state index contributed by atoms with van der Waals surface area (Å²) in [6, 6.07) is 0. The molecular formula is C46H70O6. The molecule has 6 nitrogen and oxygen atoms in total. The van der Waals surface area contributed by atoms with E-state index in [2.05, 4.69) is 66.9 Å². The van der Waals surface area contributed by atoms with Crippen LogP contribution in [0.2, 0.25) is 0 Å². The normalized spacial score (nSPS) is 44.9. The first-order chi connectivity index (χ1) is 24.7. The summed E-state index contributed by atoms with van der Waals surface area (Å²) < 4.78 is 11.7. The molecule has 0 spiro atoms. The summed E-state index contributed by atoms with van der Waals surface area (Å²) in [7, 11) is 0. The molecule has 16 unspecified atom stereocenters. The van der Waals surface area contributed by atoms with E-state index in [4.69, 9.17) is 9.47 Å². The van der Waals surface area contributed by atoms with Gasteiger partial charge in [0.2, 0.25) is 0 Å². The van der Waals surface area contributed by atoms with E-state index in [1.807, 2.05) is 12.2 Å². The van der Waals surface area contributed by atoms with Crippen molar-refractivity contribution < 1.29 is 28.7 Å². The van der Waals surface area contributed by atoms with Crippen molar-refractivity contribution in [3.8, 4) is 0 Å². The zero-order valence-electron chi connectivity index (χ0n) is 33.7. The molecule has 6 fully saturated rings. The molecule has 4 saturated carbocycles. The number of rotatable bonds is 13. The van der Waals surface area contributed by atoms with E-state index in [1.54, 1.807) is 13.8 Å². The second-order valence-corrected chi connectivity index (χ2v) is 18.3. The number of Topliss-reactive ketones (excluding diaryl/α,β-unsaturated/α-hetero) is 2.